The first kappa shape index (κ1) is 15.0. The Kier molecular flexibility index (Phi) is 4.15. The van der Waals surface area contributed by atoms with Crippen LogP contribution in [0.25, 0.3) is 11.2 Å². The van der Waals surface area contributed by atoms with Crippen molar-refractivity contribution in [3.8, 4) is 0 Å². The van der Waals surface area contributed by atoms with Crippen LogP contribution in [0.4, 0.5) is 0 Å². The van der Waals surface area contributed by atoms with Crippen LogP contribution in [0.5, 0.6) is 0 Å². The maximum atomic E-state index is 12.4. The van der Waals surface area contributed by atoms with Gasteiger partial charge >= 0.3 is 5.69 Å². The smallest absolute Gasteiger partial charge is 0.332 e. The summed E-state index contributed by atoms with van der Waals surface area (Å²) in [5.41, 5.74) is 0.386. The van der Waals surface area contributed by atoms with Crippen molar-refractivity contribution >= 4 is 11.2 Å². The van der Waals surface area contributed by atoms with Gasteiger partial charge in [-0.15, -0.1) is 0 Å². The number of hydrogen-bond donors (Lipinski definition) is 2. The molecule has 0 atom stereocenters. The third-order valence-corrected chi connectivity index (χ3v) is 4.46. The van der Waals surface area contributed by atoms with Crippen LogP contribution in [0.1, 0.15) is 44.3 Å². The maximum Gasteiger partial charge on any atom is 0.332 e. The van der Waals surface area contributed by atoms with Crippen LogP contribution in [0.3, 0.4) is 0 Å². The van der Waals surface area contributed by atoms with Crippen molar-refractivity contribution < 1.29 is 0 Å². The van der Waals surface area contributed by atoms with Crippen LogP contribution >= 0.6 is 0 Å². The number of fused-ring (bicyclic) bond motifs is 1. The average molecular weight is 305 g/mol. The average Bonchev–Trinajstić information content (AvgIpc) is 2.99. The number of aromatic amines is 1. The normalized spacial score (nSPS) is 16.5. The van der Waals surface area contributed by atoms with Crippen LogP contribution in [0.2, 0.25) is 0 Å². The fourth-order valence-corrected chi connectivity index (χ4v) is 3.06. The molecule has 120 valence electrons. The first-order valence-electron chi connectivity index (χ1n) is 8.03. The highest BCUT2D eigenvalue weighted by Gasteiger charge is 2.22. The van der Waals surface area contributed by atoms with E-state index >= 15 is 0 Å². The summed E-state index contributed by atoms with van der Waals surface area (Å²) in [6.07, 6.45) is 3.88. The van der Waals surface area contributed by atoms with Crippen LogP contribution in [0.15, 0.2) is 9.59 Å². The molecule has 0 saturated carbocycles. The number of piperidine rings is 1. The molecule has 2 aromatic heterocycles. The number of nitrogens with one attached hydrogen (secondary N) is 2. The number of imidazole rings is 1. The van der Waals surface area contributed by atoms with Gasteiger partial charge in [-0.1, -0.05) is 13.3 Å². The van der Waals surface area contributed by atoms with Gasteiger partial charge in [0.2, 0.25) is 0 Å². The molecule has 2 N–H and O–H groups in total. The quantitative estimate of drug-likeness (QED) is 0.870. The van der Waals surface area contributed by atoms with Gasteiger partial charge in [-0.3, -0.25) is 13.9 Å². The Balaban J connectivity index is 2.14. The number of aromatic nitrogens is 4. The van der Waals surface area contributed by atoms with Gasteiger partial charge in [0.25, 0.3) is 5.56 Å². The molecule has 0 aromatic carbocycles. The summed E-state index contributed by atoms with van der Waals surface area (Å²) in [6.45, 7) is 4.59. The van der Waals surface area contributed by atoms with Crippen molar-refractivity contribution in [1.82, 2.24) is 24.4 Å². The monoisotopic (exact) mass is 305 g/mol. The molecule has 1 saturated heterocycles. The van der Waals surface area contributed by atoms with E-state index in [4.69, 9.17) is 0 Å². The number of hydrogen-bond acceptors (Lipinski definition) is 4. The molecule has 7 nitrogen and oxygen atoms in total. The van der Waals surface area contributed by atoms with Gasteiger partial charge in [0.05, 0.1) is 0 Å². The molecular weight excluding hydrogens is 282 g/mol. The molecule has 3 rings (SSSR count). The van der Waals surface area contributed by atoms with E-state index in [9.17, 15) is 9.59 Å². The zero-order chi connectivity index (χ0) is 15.7. The first-order chi connectivity index (χ1) is 10.6. The Morgan fingerprint density at radius 1 is 1.27 bits per heavy atom. The number of nitrogens with zero attached hydrogens (tertiary/aromatic N) is 3. The lowest BCUT2D eigenvalue weighted by molar-refractivity contribution is 0.447. The Morgan fingerprint density at radius 2 is 2.00 bits per heavy atom. The topological polar surface area (TPSA) is 84.7 Å². The van der Waals surface area contributed by atoms with E-state index in [0.29, 0.717) is 23.6 Å². The number of unbranched alkanes of at least 4 members (excludes halogenated alkanes) is 1. The van der Waals surface area contributed by atoms with Gasteiger partial charge in [-0.25, -0.2) is 9.78 Å². The standard InChI is InChI=1S/C15H23N5O2/c1-3-4-9-20-13-11(14(21)19(2)15(20)22)17-12(18-13)10-5-7-16-8-6-10/h10,16H,3-9H2,1-2H3,(H,17,18). The highest BCUT2D eigenvalue weighted by molar-refractivity contribution is 5.70. The zero-order valence-electron chi connectivity index (χ0n) is 13.2. The summed E-state index contributed by atoms with van der Waals surface area (Å²) in [4.78, 5) is 32.5. The minimum Gasteiger partial charge on any atom is -0.336 e. The van der Waals surface area contributed by atoms with Crippen molar-refractivity contribution in [3.63, 3.8) is 0 Å². The molecule has 0 unspecified atom stereocenters. The fourth-order valence-electron chi connectivity index (χ4n) is 3.06. The highest BCUT2D eigenvalue weighted by atomic mass is 16.2. The summed E-state index contributed by atoms with van der Waals surface area (Å²) < 4.78 is 2.80. The third kappa shape index (κ3) is 2.49. The van der Waals surface area contributed by atoms with E-state index in [1.54, 1.807) is 4.57 Å². The lowest BCUT2D eigenvalue weighted by Gasteiger charge is -2.20. The molecule has 2 aromatic rings. The van der Waals surface area contributed by atoms with Crippen molar-refractivity contribution in [2.24, 2.45) is 7.05 Å². The number of aryl methyl sites for hydroxylation is 1. The van der Waals surface area contributed by atoms with Crippen molar-refractivity contribution in [3.05, 3.63) is 26.7 Å². The summed E-state index contributed by atoms with van der Waals surface area (Å²) in [7, 11) is 1.53. The van der Waals surface area contributed by atoms with E-state index in [0.717, 1.165) is 44.6 Å². The maximum absolute atomic E-state index is 12.4. The van der Waals surface area contributed by atoms with Gasteiger partial charge in [-0.2, -0.15) is 0 Å². The molecule has 1 fully saturated rings. The minimum absolute atomic E-state index is 0.283. The molecule has 0 bridgehead atoms. The number of H-pyrrole nitrogens is 1. The predicted molar refractivity (Wildman–Crippen MR) is 85.3 cm³/mol. The molecule has 3 heterocycles. The van der Waals surface area contributed by atoms with Gasteiger partial charge in [0.1, 0.15) is 11.3 Å². The third-order valence-electron chi connectivity index (χ3n) is 4.46. The Morgan fingerprint density at radius 3 is 2.68 bits per heavy atom. The summed E-state index contributed by atoms with van der Waals surface area (Å²) >= 11 is 0. The second kappa shape index (κ2) is 6.08. The molecule has 1 aliphatic rings. The summed E-state index contributed by atoms with van der Waals surface area (Å²) in [5.74, 6) is 1.16. The first-order valence-corrected chi connectivity index (χ1v) is 8.03. The van der Waals surface area contributed by atoms with E-state index < -0.39 is 0 Å². The molecule has 7 heteroatoms. The molecule has 22 heavy (non-hydrogen) atoms. The Labute approximate surface area is 128 Å². The largest absolute Gasteiger partial charge is 0.336 e. The van der Waals surface area contributed by atoms with Crippen LogP contribution in [-0.4, -0.2) is 32.2 Å². The lowest BCUT2D eigenvalue weighted by atomic mass is 9.98. The SMILES string of the molecule is CCCCn1c(=O)n(C)c(=O)c2[nH]c(C3CCNCC3)nc21. The van der Waals surface area contributed by atoms with E-state index in [2.05, 4.69) is 22.2 Å². The second-order valence-electron chi connectivity index (χ2n) is 6.00. The predicted octanol–water partition coefficient (Wildman–Crippen LogP) is 0.690. The van der Waals surface area contributed by atoms with Gasteiger partial charge in [0, 0.05) is 19.5 Å². The zero-order valence-corrected chi connectivity index (χ0v) is 13.2. The van der Waals surface area contributed by atoms with E-state index in [-0.39, 0.29) is 11.2 Å². The molecule has 1 aliphatic heterocycles. The summed E-state index contributed by atoms with van der Waals surface area (Å²) in [6, 6.07) is 0. The van der Waals surface area contributed by atoms with Crippen molar-refractivity contribution in [2.45, 2.75) is 45.1 Å². The fraction of sp³-hybridized carbons (Fsp3) is 0.667. The molecular formula is C15H23N5O2. The van der Waals surface area contributed by atoms with Crippen LogP contribution in [-0.2, 0) is 13.6 Å². The van der Waals surface area contributed by atoms with E-state index in [1.165, 1.54) is 11.6 Å². The molecule has 0 aliphatic carbocycles. The molecule has 0 spiro atoms. The number of rotatable bonds is 4. The lowest BCUT2D eigenvalue weighted by Crippen LogP contribution is -2.38. The van der Waals surface area contributed by atoms with E-state index in [1.807, 2.05) is 0 Å². The van der Waals surface area contributed by atoms with Crippen LogP contribution in [0, 0.1) is 0 Å². The minimum atomic E-state index is -0.291. The summed E-state index contributed by atoms with van der Waals surface area (Å²) in [5, 5.41) is 3.32. The van der Waals surface area contributed by atoms with Gasteiger partial charge in [-0.05, 0) is 32.4 Å². The van der Waals surface area contributed by atoms with Crippen molar-refractivity contribution in [2.75, 3.05) is 13.1 Å². The Bertz CT molecular complexity index is 780. The second-order valence-corrected chi connectivity index (χ2v) is 6.00. The molecule has 0 radical (unpaired) electrons. The highest BCUT2D eigenvalue weighted by Crippen LogP contribution is 2.23. The van der Waals surface area contributed by atoms with Gasteiger partial charge in [0.15, 0.2) is 5.65 Å². The molecule has 0 amide bonds. The Hall–Kier alpha value is -1.89. The van der Waals surface area contributed by atoms with Gasteiger partial charge < -0.3 is 10.3 Å². The van der Waals surface area contributed by atoms with Crippen molar-refractivity contribution in [1.29, 1.82) is 0 Å². The van der Waals surface area contributed by atoms with Crippen LogP contribution < -0.4 is 16.6 Å².